The number of benzene rings is 2. The number of carbonyl (C=O) groups is 1. The molecule has 0 unspecified atom stereocenters. The SMILES string of the molecule is COc1ccc(/C=N/NC(=O)c2ccc(O)cc2O)cc1O. The van der Waals surface area contributed by atoms with Crippen molar-refractivity contribution >= 4 is 12.1 Å². The minimum absolute atomic E-state index is 0.0208. The zero-order valence-electron chi connectivity index (χ0n) is 11.6. The zero-order valence-corrected chi connectivity index (χ0v) is 11.6. The molecule has 0 atom stereocenters. The first-order valence-electron chi connectivity index (χ1n) is 6.23. The van der Waals surface area contributed by atoms with E-state index < -0.39 is 5.91 Å². The van der Waals surface area contributed by atoms with Crippen LogP contribution in [0.25, 0.3) is 0 Å². The number of methoxy groups -OCH3 is 1. The van der Waals surface area contributed by atoms with Crippen LogP contribution >= 0.6 is 0 Å². The molecule has 2 rings (SSSR count). The Balaban J connectivity index is 2.05. The highest BCUT2D eigenvalue weighted by Gasteiger charge is 2.10. The fourth-order valence-corrected chi connectivity index (χ4v) is 1.73. The van der Waals surface area contributed by atoms with Gasteiger partial charge >= 0.3 is 0 Å². The van der Waals surface area contributed by atoms with E-state index in [1.807, 2.05) is 0 Å². The summed E-state index contributed by atoms with van der Waals surface area (Å²) in [6, 6.07) is 8.23. The molecule has 7 nitrogen and oxygen atoms in total. The van der Waals surface area contributed by atoms with Gasteiger partial charge in [0.05, 0.1) is 18.9 Å². The molecule has 2 aromatic rings. The van der Waals surface area contributed by atoms with Gasteiger partial charge in [0.25, 0.3) is 5.91 Å². The van der Waals surface area contributed by atoms with Crippen LogP contribution in [-0.4, -0.2) is 34.6 Å². The van der Waals surface area contributed by atoms with Crippen LogP contribution in [0.15, 0.2) is 41.5 Å². The molecule has 0 aromatic heterocycles. The minimum atomic E-state index is -0.633. The number of hydrogen-bond donors (Lipinski definition) is 4. The number of aromatic hydroxyl groups is 3. The Hall–Kier alpha value is -3.22. The van der Waals surface area contributed by atoms with Gasteiger partial charge < -0.3 is 20.1 Å². The summed E-state index contributed by atoms with van der Waals surface area (Å²) in [4.78, 5) is 11.8. The lowest BCUT2D eigenvalue weighted by atomic mass is 10.2. The molecule has 7 heteroatoms. The van der Waals surface area contributed by atoms with Gasteiger partial charge in [-0.25, -0.2) is 5.43 Å². The van der Waals surface area contributed by atoms with E-state index in [2.05, 4.69) is 10.5 Å². The predicted molar refractivity (Wildman–Crippen MR) is 79.5 cm³/mol. The number of hydrazone groups is 1. The van der Waals surface area contributed by atoms with E-state index in [9.17, 15) is 15.0 Å². The summed E-state index contributed by atoms with van der Waals surface area (Å²) in [5, 5.41) is 32.0. The van der Waals surface area contributed by atoms with Gasteiger partial charge in [0.15, 0.2) is 11.5 Å². The Labute approximate surface area is 126 Å². The Bertz CT molecular complexity index is 728. The normalized spacial score (nSPS) is 10.6. The van der Waals surface area contributed by atoms with Crippen molar-refractivity contribution in [2.75, 3.05) is 7.11 Å². The molecular weight excluding hydrogens is 288 g/mol. The second-order valence-corrected chi connectivity index (χ2v) is 4.33. The van der Waals surface area contributed by atoms with Gasteiger partial charge in [-0.3, -0.25) is 4.79 Å². The molecule has 0 radical (unpaired) electrons. The number of nitrogens with one attached hydrogen (secondary N) is 1. The van der Waals surface area contributed by atoms with Crippen molar-refractivity contribution in [3.63, 3.8) is 0 Å². The number of rotatable bonds is 4. The van der Waals surface area contributed by atoms with Crippen LogP contribution in [0.5, 0.6) is 23.0 Å². The van der Waals surface area contributed by atoms with Crippen LogP contribution in [-0.2, 0) is 0 Å². The molecule has 1 amide bonds. The van der Waals surface area contributed by atoms with Crippen molar-refractivity contribution < 1.29 is 24.9 Å². The lowest BCUT2D eigenvalue weighted by Crippen LogP contribution is -2.17. The van der Waals surface area contributed by atoms with E-state index in [4.69, 9.17) is 9.84 Å². The van der Waals surface area contributed by atoms with Gasteiger partial charge in [0.2, 0.25) is 0 Å². The summed E-state index contributed by atoms with van der Waals surface area (Å²) in [5.74, 6) is -0.850. The zero-order chi connectivity index (χ0) is 16.1. The minimum Gasteiger partial charge on any atom is -0.508 e. The van der Waals surface area contributed by atoms with Crippen LogP contribution in [0, 0.1) is 0 Å². The molecule has 4 N–H and O–H groups in total. The topological polar surface area (TPSA) is 111 Å². The smallest absolute Gasteiger partial charge is 0.275 e. The average Bonchev–Trinajstić information content (AvgIpc) is 2.47. The average molecular weight is 302 g/mol. The second kappa shape index (κ2) is 6.49. The van der Waals surface area contributed by atoms with Crippen molar-refractivity contribution in [1.29, 1.82) is 0 Å². The molecule has 0 fully saturated rings. The van der Waals surface area contributed by atoms with E-state index in [1.165, 1.54) is 31.5 Å². The van der Waals surface area contributed by atoms with Crippen molar-refractivity contribution in [2.24, 2.45) is 5.10 Å². The van der Waals surface area contributed by atoms with Gasteiger partial charge in [-0.1, -0.05) is 0 Å². The highest BCUT2D eigenvalue weighted by molar-refractivity contribution is 5.97. The summed E-state index contributed by atoms with van der Waals surface area (Å²) in [7, 11) is 1.44. The molecule has 0 saturated heterocycles. The third-order valence-electron chi connectivity index (χ3n) is 2.81. The third kappa shape index (κ3) is 3.45. The summed E-state index contributed by atoms with van der Waals surface area (Å²) in [5.41, 5.74) is 2.76. The monoisotopic (exact) mass is 302 g/mol. The van der Waals surface area contributed by atoms with Gasteiger partial charge in [0, 0.05) is 6.07 Å². The largest absolute Gasteiger partial charge is 0.508 e. The van der Waals surface area contributed by atoms with Crippen molar-refractivity contribution in [3.8, 4) is 23.0 Å². The van der Waals surface area contributed by atoms with Crippen LogP contribution in [0.4, 0.5) is 0 Å². The number of amides is 1. The number of nitrogens with zero attached hydrogens (tertiary/aromatic N) is 1. The van der Waals surface area contributed by atoms with E-state index in [0.717, 1.165) is 6.07 Å². The van der Waals surface area contributed by atoms with E-state index in [0.29, 0.717) is 11.3 Å². The fraction of sp³-hybridized carbons (Fsp3) is 0.0667. The molecule has 22 heavy (non-hydrogen) atoms. The number of hydrogen-bond acceptors (Lipinski definition) is 6. The quantitative estimate of drug-likeness (QED) is 0.506. The van der Waals surface area contributed by atoms with Crippen LogP contribution in [0.1, 0.15) is 15.9 Å². The molecule has 0 heterocycles. The van der Waals surface area contributed by atoms with Crippen molar-refractivity contribution in [2.45, 2.75) is 0 Å². The van der Waals surface area contributed by atoms with Crippen LogP contribution in [0.2, 0.25) is 0 Å². The molecule has 0 aliphatic rings. The Morgan fingerprint density at radius 3 is 2.55 bits per heavy atom. The summed E-state index contributed by atoms with van der Waals surface area (Å²) >= 11 is 0. The molecule has 0 saturated carbocycles. The Morgan fingerprint density at radius 2 is 1.91 bits per heavy atom. The number of phenolic OH excluding ortho intramolecular Hbond substituents is 3. The standard InChI is InChI=1S/C15H14N2O5/c1-22-14-5-2-9(6-13(14)20)8-16-17-15(21)11-4-3-10(18)7-12(11)19/h2-8,18-20H,1H3,(H,17,21)/b16-8+. The molecule has 114 valence electrons. The molecule has 0 aliphatic heterocycles. The van der Waals surface area contributed by atoms with Gasteiger partial charge in [0.1, 0.15) is 11.5 Å². The Morgan fingerprint density at radius 1 is 1.14 bits per heavy atom. The third-order valence-corrected chi connectivity index (χ3v) is 2.81. The maximum absolute atomic E-state index is 11.8. The lowest BCUT2D eigenvalue weighted by molar-refractivity contribution is 0.0952. The first-order chi connectivity index (χ1) is 10.5. The molecule has 2 aromatic carbocycles. The summed E-state index contributed by atoms with van der Waals surface area (Å²) in [6.45, 7) is 0. The van der Waals surface area contributed by atoms with Crippen LogP contribution in [0.3, 0.4) is 0 Å². The number of ether oxygens (including phenoxy) is 1. The van der Waals surface area contributed by atoms with Gasteiger partial charge in [-0.05, 0) is 35.9 Å². The molecule has 0 spiro atoms. The first kappa shape index (κ1) is 15.2. The van der Waals surface area contributed by atoms with Crippen molar-refractivity contribution in [3.05, 3.63) is 47.5 Å². The van der Waals surface area contributed by atoms with E-state index in [-0.39, 0.29) is 22.8 Å². The molecule has 0 aliphatic carbocycles. The van der Waals surface area contributed by atoms with Crippen molar-refractivity contribution in [1.82, 2.24) is 5.43 Å². The second-order valence-electron chi connectivity index (χ2n) is 4.33. The fourth-order valence-electron chi connectivity index (χ4n) is 1.73. The highest BCUT2D eigenvalue weighted by atomic mass is 16.5. The summed E-state index contributed by atoms with van der Waals surface area (Å²) < 4.78 is 4.91. The summed E-state index contributed by atoms with van der Waals surface area (Å²) in [6.07, 6.45) is 1.33. The first-order valence-corrected chi connectivity index (χ1v) is 6.23. The Kier molecular flexibility index (Phi) is 4.47. The van der Waals surface area contributed by atoms with E-state index >= 15 is 0 Å². The van der Waals surface area contributed by atoms with E-state index in [1.54, 1.807) is 12.1 Å². The molecular formula is C15H14N2O5. The predicted octanol–water partition coefficient (Wildman–Crippen LogP) is 1.58. The molecule has 0 bridgehead atoms. The number of phenols is 3. The van der Waals surface area contributed by atoms with Crippen LogP contribution < -0.4 is 10.2 Å². The van der Waals surface area contributed by atoms with Gasteiger partial charge in [-0.15, -0.1) is 0 Å². The highest BCUT2D eigenvalue weighted by Crippen LogP contribution is 2.25. The number of carbonyl (C=O) groups excluding carboxylic acids is 1. The van der Waals surface area contributed by atoms with Gasteiger partial charge in [-0.2, -0.15) is 5.10 Å². The maximum atomic E-state index is 11.8. The maximum Gasteiger partial charge on any atom is 0.275 e. The lowest BCUT2D eigenvalue weighted by Gasteiger charge is -2.04.